The molecule has 146 valence electrons. The third-order valence-corrected chi connectivity index (χ3v) is 4.89. The van der Waals surface area contributed by atoms with Crippen molar-refractivity contribution in [1.29, 1.82) is 5.26 Å². The van der Waals surface area contributed by atoms with Crippen LogP contribution in [0.3, 0.4) is 0 Å². The standard InChI is InChI=1S/C15H10F7N3OS/c1-8-4-10(16)9(5-12(8)27(26)7-14(17,18)19)11-6-13(15(20,21)22)25(24-11)3-2-23/h4-6H,3,7H2,1H3. The number of halogens is 7. The second-order valence-electron chi connectivity index (χ2n) is 5.43. The molecule has 0 saturated heterocycles. The van der Waals surface area contributed by atoms with Crippen LogP contribution in [0.15, 0.2) is 23.1 Å². The molecule has 1 aromatic heterocycles. The summed E-state index contributed by atoms with van der Waals surface area (Å²) in [6.07, 6.45) is -9.63. The van der Waals surface area contributed by atoms with Gasteiger partial charge in [0.05, 0.1) is 22.6 Å². The van der Waals surface area contributed by atoms with E-state index in [0.29, 0.717) is 10.7 Å². The Balaban J connectivity index is 2.58. The zero-order chi connectivity index (χ0) is 20.6. The highest BCUT2D eigenvalue weighted by Crippen LogP contribution is 2.34. The molecule has 0 radical (unpaired) electrons. The Kier molecular flexibility index (Phi) is 5.65. The SMILES string of the molecule is Cc1cc(F)c(-c2cc(C(F)(F)F)n(CC#N)n2)cc1S(=O)CC(F)(F)F. The van der Waals surface area contributed by atoms with E-state index in [1.165, 1.54) is 13.0 Å². The Morgan fingerprint density at radius 3 is 2.33 bits per heavy atom. The summed E-state index contributed by atoms with van der Waals surface area (Å²) in [6, 6.07) is 3.50. The summed E-state index contributed by atoms with van der Waals surface area (Å²) >= 11 is 0. The van der Waals surface area contributed by atoms with E-state index in [-0.39, 0.29) is 10.5 Å². The topological polar surface area (TPSA) is 58.7 Å². The molecule has 1 atom stereocenters. The third kappa shape index (κ3) is 4.85. The number of benzene rings is 1. The van der Waals surface area contributed by atoms with Gasteiger partial charge in [0.15, 0.2) is 0 Å². The second-order valence-corrected chi connectivity index (χ2v) is 6.85. The second kappa shape index (κ2) is 7.30. The van der Waals surface area contributed by atoms with Crippen molar-refractivity contribution in [2.45, 2.75) is 30.7 Å². The molecule has 12 heteroatoms. The number of nitriles is 1. The van der Waals surface area contributed by atoms with Crippen LogP contribution in [0.1, 0.15) is 11.3 Å². The van der Waals surface area contributed by atoms with Crippen molar-refractivity contribution in [3.05, 3.63) is 35.3 Å². The Morgan fingerprint density at radius 2 is 1.81 bits per heavy atom. The van der Waals surface area contributed by atoms with Crippen LogP contribution in [-0.4, -0.2) is 25.9 Å². The zero-order valence-electron chi connectivity index (χ0n) is 13.5. The summed E-state index contributed by atoms with van der Waals surface area (Å²) in [6.45, 7) is 0.459. The average Bonchev–Trinajstić information content (AvgIpc) is 2.89. The van der Waals surface area contributed by atoms with Crippen LogP contribution >= 0.6 is 0 Å². The van der Waals surface area contributed by atoms with Crippen molar-refractivity contribution in [3.63, 3.8) is 0 Å². The summed E-state index contributed by atoms with van der Waals surface area (Å²) < 4.78 is 103. The minimum atomic E-state index is -4.88. The fourth-order valence-corrected chi connectivity index (χ4v) is 3.41. The predicted molar refractivity (Wildman–Crippen MR) is 80.3 cm³/mol. The van der Waals surface area contributed by atoms with Crippen molar-refractivity contribution >= 4 is 10.8 Å². The van der Waals surface area contributed by atoms with Gasteiger partial charge in [-0.2, -0.15) is 36.7 Å². The van der Waals surface area contributed by atoms with Crippen LogP contribution in [0.4, 0.5) is 30.7 Å². The summed E-state index contributed by atoms with van der Waals surface area (Å²) in [7, 11) is -2.58. The van der Waals surface area contributed by atoms with Gasteiger partial charge in [-0.3, -0.25) is 4.21 Å². The van der Waals surface area contributed by atoms with E-state index in [2.05, 4.69) is 5.10 Å². The van der Waals surface area contributed by atoms with Crippen molar-refractivity contribution < 1.29 is 34.9 Å². The van der Waals surface area contributed by atoms with Gasteiger partial charge in [0.25, 0.3) is 0 Å². The number of aryl methyl sites for hydroxylation is 1. The maximum Gasteiger partial charge on any atom is 0.433 e. The van der Waals surface area contributed by atoms with Gasteiger partial charge >= 0.3 is 12.4 Å². The molecule has 4 nitrogen and oxygen atoms in total. The third-order valence-electron chi connectivity index (χ3n) is 3.37. The smallest absolute Gasteiger partial charge is 0.254 e. The van der Waals surface area contributed by atoms with Crippen molar-refractivity contribution in [2.24, 2.45) is 0 Å². The highest BCUT2D eigenvalue weighted by molar-refractivity contribution is 7.85. The number of nitrogens with zero attached hydrogens (tertiary/aromatic N) is 3. The largest absolute Gasteiger partial charge is 0.433 e. The molecule has 0 bridgehead atoms. The van der Waals surface area contributed by atoms with E-state index in [1.54, 1.807) is 0 Å². The van der Waals surface area contributed by atoms with Crippen molar-refractivity contribution in [1.82, 2.24) is 9.78 Å². The molecule has 0 spiro atoms. The van der Waals surface area contributed by atoms with Gasteiger partial charge in [-0.15, -0.1) is 0 Å². The monoisotopic (exact) mass is 413 g/mol. The van der Waals surface area contributed by atoms with E-state index >= 15 is 0 Å². The predicted octanol–water partition coefficient (Wildman–Crippen LogP) is 4.21. The number of rotatable bonds is 4. The van der Waals surface area contributed by atoms with Crippen molar-refractivity contribution in [3.8, 4) is 17.3 Å². The molecule has 2 aromatic rings. The van der Waals surface area contributed by atoms with Gasteiger partial charge < -0.3 is 0 Å². The molecule has 0 N–H and O–H groups in total. The van der Waals surface area contributed by atoms with Crippen LogP contribution in [0.2, 0.25) is 0 Å². The number of hydrogen-bond donors (Lipinski definition) is 0. The molecule has 27 heavy (non-hydrogen) atoms. The molecule has 0 aliphatic carbocycles. The normalized spacial score (nSPS) is 13.4. The zero-order valence-corrected chi connectivity index (χ0v) is 14.3. The lowest BCUT2D eigenvalue weighted by Gasteiger charge is -2.11. The van der Waals surface area contributed by atoms with Gasteiger partial charge in [-0.05, 0) is 30.7 Å². The molecule has 1 unspecified atom stereocenters. The van der Waals surface area contributed by atoms with Gasteiger partial charge in [0.2, 0.25) is 0 Å². The molecule has 0 aliphatic rings. The first-order valence-electron chi connectivity index (χ1n) is 7.11. The quantitative estimate of drug-likeness (QED) is 0.706. The van der Waals surface area contributed by atoms with E-state index < -0.39 is 58.2 Å². The number of alkyl halides is 6. The lowest BCUT2D eigenvalue weighted by Crippen LogP contribution is -2.19. The van der Waals surface area contributed by atoms with E-state index in [9.17, 15) is 34.9 Å². The maximum atomic E-state index is 14.2. The van der Waals surface area contributed by atoms with E-state index in [4.69, 9.17) is 5.26 Å². The molecule has 1 heterocycles. The first-order chi connectivity index (χ1) is 12.3. The summed E-state index contributed by atoms with van der Waals surface area (Å²) in [5.41, 5.74) is -2.46. The summed E-state index contributed by atoms with van der Waals surface area (Å²) in [5.74, 6) is -2.73. The lowest BCUT2D eigenvalue weighted by atomic mass is 10.1. The van der Waals surface area contributed by atoms with Gasteiger partial charge in [0.1, 0.15) is 23.8 Å². The van der Waals surface area contributed by atoms with Crippen LogP contribution in [-0.2, 0) is 23.5 Å². The minimum Gasteiger partial charge on any atom is -0.254 e. The molecule has 2 rings (SSSR count). The Hall–Kier alpha value is -2.42. The lowest BCUT2D eigenvalue weighted by molar-refractivity contribution is -0.143. The van der Waals surface area contributed by atoms with Crippen LogP contribution < -0.4 is 0 Å². The van der Waals surface area contributed by atoms with Crippen molar-refractivity contribution in [2.75, 3.05) is 5.75 Å². The Bertz CT molecular complexity index is 925. The molecule has 0 fully saturated rings. The fraction of sp³-hybridized carbons (Fsp3) is 0.333. The molecular weight excluding hydrogens is 403 g/mol. The van der Waals surface area contributed by atoms with Crippen LogP contribution in [0.25, 0.3) is 11.3 Å². The van der Waals surface area contributed by atoms with E-state index in [0.717, 1.165) is 12.1 Å². The minimum absolute atomic E-state index is 0.0497. The molecule has 0 aliphatic heterocycles. The van der Waals surface area contributed by atoms with Crippen LogP contribution in [0, 0.1) is 24.1 Å². The average molecular weight is 413 g/mol. The number of hydrogen-bond acceptors (Lipinski definition) is 3. The summed E-state index contributed by atoms with van der Waals surface area (Å²) in [5, 5.41) is 12.1. The fourth-order valence-electron chi connectivity index (χ4n) is 2.28. The van der Waals surface area contributed by atoms with Gasteiger partial charge in [-0.25, -0.2) is 9.07 Å². The molecular formula is C15H10F7N3OS. The van der Waals surface area contributed by atoms with Gasteiger partial charge in [0, 0.05) is 10.5 Å². The Labute approximate surface area is 150 Å². The van der Waals surface area contributed by atoms with Gasteiger partial charge in [-0.1, -0.05) is 0 Å². The van der Waals surface area contributed by atoms with E-state index in [1.807, 2.05) is 0 Å². The first-order valence-corrected chi connectivity index (χ1v) is 8.43. The summed E-state index contributed by atoms with van der Waals surface area (Å²) in [4.78, 5) is -0.368. The Morgan fingerprint density at radius 1 is 1.19 bits per heavy atom. The maximum absolute atomic E-state index is 14.2. The molecule has 1 aromatic carbocycles. The first kappa shape index (κ1) is 20.9. The highest BCUT2D eigenvalue weighted by atomic mass is 32.2. The van der Waals surface area contributed by atoms with Crippen LogP contribution in [0.5, 0.6) is 0 Å². The molecule has 0 saturated carbocycles. The highest BCUT2D eigenvalue weighted by Gasteiger charge is 2.36. The molecule has 0 amide bonds. The number of aromatic nitrogens is 2.